The Labute approximate surface area is 152 Å². The zero-order valence-corrected chi connectivity index (χ0v) is 15.0. The molecule has 1 heterocycles. The van der Waals surface area contributed by atoms with Gasteiger partial charge in [-0.25, -0.2) is 4.79 Å². The smallest absolute Gasteiger partial charge is 0.312 e. The van der Waals surface area contributed by atoms with E-state index in [1.54, 1.807) is 34.1 Å². The highest BCUT2D eigenvalue weighted by Crippen LogP contribution is 2.24. The first-order valence-electron chi connectivity index (χ1n) is 8.31. The van der Waals surface area contributed by atoms with Crippen molar-refractivity contribution in [2.24, 2.45) is 5.73 Å². The van der Waals surface area contributed by atoms with Gasteiger partial charge in [-0.15, -0.1) is 0 Å². The number of primary amides is 1. The minimum absolute atomic E-state index is 0.0176. The summed E-state index contributed by atoms with van der Waals surface area (Å²) in [5.74, 6) is -0.466. The van der Waals surface area contributed by atoms with Gasteiger partial charge in [0.1, 0.15) is 6.54 Å². The maximum absolute atomic E-state index is 12.5. The Morgan fingerprint density at radius 3 is 2.60 bits per heavy atom. The summed E-state index contributed by atoms with van der Waals surface area (Å²) in [5.41, 5.74) is 5.78. The van der Waals surface area contributed by atoms with Gasteiger partial charge in [-0.1, -0.05) is 31.4 Å². The summed E-state index contributed by atoms with van der Waals surface area (Å²) in [5, 5.41) is 2.89. The van der Waals surface area contributed by atoms with Gasteiger partial charge in [0, 0.05) is 17.3 Å². The summed E-state index contributed by atoms with van der Waals surface area (Å²) in [4.78, 5) is 39.0. The highest BCUT2D eigenvalue weighted by Gasteiger charge is 2.35. The highest BCUT2D eigenvalue weighted by atomic mass is 35.5. The minimum atomic E-state index is -0.760. The van der Waals surface area contributed by atoms with Crippen molar-refractivity contribution in [3.8, 4) is 0 Å². The van der Waals surface area contributed by atoms with Gasteiger partial charge in [0.25, 0.3) is 0 Å². The number of carbonyl (C=O) groups excluding carboxylic acids is 3. The Morgan fingerprint density at radius 2 is 2.00 bits per heavy atom. The normalized spacial score (nSPS) is 17.5. The van der Waals surface area contributed by atoms with E-state index in [4.69, 9.17) is 17.3 Å². The van der Waals surface area contributed by atoms with Crippen molar-refractivity contribution in [3.63, 3.8) is 0 Å². The largest absolute Gasteiger partial charge is 0.352 e. The fourth-order valence-corrected chi connectivity index (χ4v) is 3.01. The quantitative estimate of drug-likeness (QED) is 0.802. The molecule has 4 amide bonds. The molecule has 2 rings (SSSR count). The molecule has 0 radical (unpaired) electrons. The van der Waals surface area contributed by atoms with Crippen LogP contribution in [0.3, 0.4) is 0 Å². The molecule has 1 aromatic carbocycles. The summed E-state index contributed by atoms with van der Waals surface area (Å²) in [6.07, 6.45) is 2.73. The molecular weight excluding hydrogens is 344 g/mol. The van der Waals surface area contributed by atoms with Gasteiger partial charge in [-0.2, -0.15) is 0 Å². The van der Waals surface area contributed by atoms with E-state index in [1.165, 1.54) is 0 Å². The first-order valence-corrected chi connectivity index (χ1v) is 8.69. The SMILES string of the molecule is CCCCC1CN(c2ccc(Cl)cc2)C(=O)CN1C(=O)CNC(N)=O. The van der Waals surface area contributed by atoms with Crippen molar-refractivity contribution < 1.29 is 14.4 Å². The predicted octanol–water partition coefficient (Wildman–Crippen LogP) is 1.74. The van der Waals surface area contributed by atoms with Gasteiger partial charge < -0.3 is 20.9 Å². The predicted molar refractivity (Wildman–Crippen MR) is 96.4 cm³/mol. The zero-order chi connectivity index (χ0) is 18.4. The van der Waals surface area contributed by atoms with Crippen LogP contribution in [-0.2, 0) is 9.59 Å². The topological polar surface area (TPSA) is 95.7 Å². The second-order valence-corrected chi connectivity index (χ2v) is 6.45. The standard InChI is InChI=1S/C17H23ClN4O3/c1-2-3-4-14-10-21(13-7-5-12(18)6-8-13)16(24)11-22(14)15(23)9-20-17(19)25/h5-8,14H,2-4,9-11H2,1H3,(H3,19,20,25). The zero-order valence-electron chi connectivity index (χ0n) is 14.2. The molecule has 1 aliphatic heterocycles. The molecule has 1 fully saturated rings. The van der Waals surface area contributed by atoms with E-state index in [2.05, 4.69) is 12.2 Å². The van der Waals surface area contributed by atoms with Gasteiger partial charge in [-0.3, -0.25) is 9.59 Å². The van der Waals surface area contributed by atoms with Crippen LogP contribution in [0.5, 0.6) is 0 Å². The van der Waals surface area contributed by atoms with E-state index in [-0.39, 0.29) is 30.9 Å². The molecule has 0 bridgehead atoms. The second-order valence-electron chi connectivity index (χ2n) is 6.02. The van der Waals surface area contributed by atoms with Crippen LogP contribution in [-0.4, -0.2) is 48.4 Å². The van der Waals surface area contributed by atoms with Crippen LogP contribution in [0, 0.1) is 0 Å². The van der Waals surface area contributed by atoms with Gasteiger partial charge in [0.2, 0.25) is 11.8 Å². The molecule has 3 N–H and O–H groups in total. The highest BCUT2D eigenvalue weighted by molar-refractivity contribution is 6.30. The lowest BCUT2D eigenvalue weighted by Crippen LogP contribution is -2.59. The van der Waals surface area contributed by atoms with Crippen molar-refractivity contribution in [3.05, 3.63) is 29.3 Å². The number of amides is 4. The van der Waals surface area contributed by atoms with Crippen molar-refractivity contribution in [1.82, 2.24) is 10.2 Å². The first-order chi connectivity index (χ1) is 11.9. The number of anilines is 1. The third-order valence-electron chi connectivity index (χ3n) is 4.20. The molecule has 1 unspecified atom stereocenters. The number of rotatable bonds is 6. The molecule has 136 valence electrons. The summed E-state index contributed by atoms with van der Waals surface area (Å²) in [7, 11) is 0. The van der Waals surface area contributed by atoms with Gasteiger partial charge in [0.15, 0.2) is 0 Å². The number of unbranched alkanes of at least 4 members (excludes halogenated alkanes) is 1. The molecule has 1 saturated heterocycles. The van der Waals surface area contributed by atoms with Crippen LogP contribution < -0.4 is 16.0 Å². The van der Waals surface area contributed by atoms with Gasteiger partial charge in [-0.05, 0) is 30.7 Å². The number of halogens is 1. The Kier molecular flexibility index (Phi) is 6.64. The fourth-order valence-electron chi connectivity index (χ4n) is 2.88. The van der Waals surface area contributed by atoms with Crippen molar-refractivity contribution in [2.45, 2.75) is 32.2 Å². The number of hydrogen-bond donors (Lipinski definition) is 2. The number of hydrogen-bond acceptors (Lipinski definition) is 3. The molecule has 25 heavy (non-hydrogen) atoms. The number of nitrogens with zero attached hydrogens (tertiary/aromatic N) is 2. The van der Waals surface area contributed by atoms with Crippen molar-refractivity contribution in [1.29, 1.82) is 0 Å². The van der Waals surface area contributed by atoms with Crippen LogP contribution in [0.2, 0.25) is 5.02 Å². The van der Waals surface area contributed by atoms with E-state index >= 15 is 0 Å². The molecule has 0 aromatic heterocycles. The summed E-state index contributed by atoms with van der Waals surface area (Å²) in [6, 6.07) is 6.20. The monoisotopic (exact) mass is 366 g/mol. The molecular formula is C17H23ClN4O3. The summed E-state index contributed by atoms with van der Waals surface area (Å²) < 4.78 is 0. The molecule has 0 spiro atoms. The maximum Gasteiger partial charge on any atom is 0.312 e. The van der Waals surface area contributed by atoms with E-state index in [9.17, 15) is 14.4 Å². The summed E-state index contributed by atoms with van der Waals surface area (Å²) in [6.45, 7) is 2.27. The fraction of sp³-hybridized carbons (Fsp3) is 0.471. The van der Waals surface area contributed by atoms with Crippen LogP contribution in [0.4, 0.5) is 10.5 Å². The number of nitrogens with one attached hydrogen (secondary N) is 1. The molecule has 0 saturated carbocycles. The number of urea groups is 1. The third-order valence-corrected chi connectivity index (χ3v) is 4.46. The maximum atomic E-state index is 12.5. The lowest BCUT2D eigenvalue weighted by atomic mass is 10.0. The Bertz CT molecular complexity index is 635. The molecule has 1 atom stereocenters. The van der Waals surface area contributed by atoms with Crippen molar-refractivity contribution in [2.75, 3.05) is 24.5 Å². The Hall–Kier alpha value is -2.28. The average Bonchev–Trinajstić information content (AvgIpc) is 2.59. The van der Waals surface area contributed by atoms with E-state index in [0.717, 1.165) is 24.9 Å². The number of benzene rings is 1. The molecule has 1 aliphatic rings. The molecule has 8 heteroatoms. The van der Waals surface area contributed by atoms with Gasteiger partial charge in [0.05, 0.1) is 12.6 Å². The Balaban J connectivity index is 2.14. The number of piperazine rings is 1. The lowest BCUT2D eigenvalue weighted by molar-refractivity contribution is -0.139. The third kappa shape index (κ3) is 5.09. The molecule has 7 nitrogen and oxygen atoms in total. The van der Waals surface area contributed by atoms with Gasteiger partial charge >= 0.3 is 6.03 Å². The van der Waals surface area contributed by atoms with Crippen LogP contribution in [0.1, 0.15) is 26.2 Å². The summed E-state index contributed by atoms with van der Waals surface area (Å²) >= 11 is 5.91. The van der Waals surface area contributed by atoms with Crippen molar-refractivity contribution >= 4 is 35.1 Å². The second kappa shape index (κ2) is 8.71. The van der Waals surface area contributed by atoms with E-state index in [0.29, 0.717) is 11.6 Å². The number of nitrogens with two attached hydrogens (primary N) is 1. The average molecular weight is 367 g/mol. The van der Waals surface area contributed by atoms with E-state index < -0.39 is 6.03 Å². The molecule has 1 aromatic rings. The Morgan fingerprint density at radius 1 is 1.32 bits per heavy atom. The number of carbonyl (C=O) groups is 3. The van der Waals surface area contributed by atoms with Crippen LogP contribution in [0.15, 0.2) is 24.3 Å². The first kappa shape index (κ1) is 19.1. The minimum Gasteiger partial charge on any atom is -0.352 e. The van der Waals surface area contributed by atoms with Crippen LogP contribution >= 0.6 is 11.6 Å². The lowest BCUT2D eigenvalue weighted by Gasteiger charge is -2.41. The molecule has 0 aliphatic carbocycles. The van der Waals surface area contributed by atoms with E-state index in [1.807, 2.05) is 0 Å². The van der Waals surface area contributed by atoms with Crippen LogP contribution in [0.25, 0.3) is 0 Å².